The molecule has 0 saturated carbocycles. The van der Waals surface area contributed by atoms with Crippen LogP contribution in [0.15, 0.2) is 78.6 Å². The highest BCUT2D eigenvalue weighted by Crippen LogP contribution is 2.38. The van der Waals surface area contributed by atoms with Crippen molar-refractivity contribution in [2.75, 3.05) is 41.8 Å². The van der Waals surface area contributed by atoms with E-state index in [0.29, 0.717) is 29.0 Å². The van der Waals surface area contributed by atoms with Gasteiger partial charge in [-0.25, -0.2) is 19.2 Å². The van der Waals surface area contributed by atoms with Gasteiger partial charge in [0.1, 0.15) is 5.82 Å². The number of carbonyl (C=O) groups is 4. The molecule has 2 fully saturated rings. The molecular weight excluding hydrogens is 746 g/mol. The lowest BCUT2D eigenvalue weighted by Crippen LogP contribution is -2.49. The molecule has 2 saturated heterocycles. The molecule has 0 bridgehead atoms. The van der Waals surface area contributed by atoms with Crippen molar-refractivity contribution >= 4 is 51.6 Å². The summed E-state index contributed by atoms with van der Waals surface area (Å²) in [6, 6.07) is 18.1. The van der Waals surface area contributed by atoms with Crippen LogP contribution >= 0.6 is 11.3 Å². The molecule has 9 rings (SSSR count). The zero-order valence-electron chi connectivity index (χ0n) is 31.5. The number of urea groups is 1. The van der Waals surface area contributed by atoms with E-state index >= 15 is 4.39 Å². The molecule has 2 N–H and O–H groups in total. The van der Waals surface area contributed by atoms with E-state index in [1.165, 1.54) is 22.3 Å². The molecule has 5 aromatic rings. The Morgan fingerprint density at radius 3 is 2.58 bits per heavy atom. The summed E-state index contributed by atoms with van der Waals surface area (Å²) in [6.07, 6.45) is 7.24. The quantitative estimate of drug-likeness (QED) is 0.177. The van der Waals surface area contributed by atoms with Crippen LogP contribution < -0.4 is 20.4 Å². The first-order valence-corrected chi connectivity index (χ1v) is 20.2. The molecule has 292 valence electrons. The van der Waals surface area contributed by atoms with Crippen molar-refractivity contribution < 1.29 is 23.6 Å². The van der Waals surface area contributed by atoms with E-state index in [2.05, 4.69) is 43.5 Å². The van der Waals surface area contributed by atoms with Gasteiger partial charge in [0.15, 0.2) is 11.2 Å². The lowest BCUT2D eigenvalue weighted by molar-refractivity contribution is -0.121. The summed E-state index contributed by atoms with van der Waals surface area (Å²) < 4.78 is 17.9. The molecule has 15 heteroatoms. The SMILES string of the molecule is CN(Cc1cccc(N2CCC(=O)NC2=O)c1)C1CCN(c2ccc(-c3cc(F)c4c(c3)C(=O)N(C(C(=O)Nc3nccs3)c3ncn5c3CCC5)C4)cc2)CC1. The number of hydrogen-bond acceptors (Lipinski definition) is 9. The van der Waals surface area contributed by atoms with Gasteiger partial charge in [0, 0.05) is 85.0 Å². The van der Waals surface area contributed by atoms with E-state index in [1.54, 1.807) is 28.9 Å². The van der Waals surface area contributed by atoms with Crippen LogP contribution in [0.5, 0.6) is 0 Å². The average Bonchev–Trinajstić information content (AvgIpc) is 4.03. The van der Waals surface area contributed by atoms with Gasteiger partial charge in [0.25, 0.3) is 11.8 Å². The number of halogens is 1. The van der Waals surface area contributed by atoms with Crippen molar-refractivity contribution in [1.82, 2.24) is 29.7 Å². The van der Waals surface area contributed by atoms with Crippen molar-refractivity contribution in [2.45, 2.75) is 63.8 Å². The van der Waals surface area contributed by atoms with Crippen LogP contribution in [0.3, 0.4) is 0 Å². The van der Waals surface area contributed by atoms with Crippen LogP contribution in [0, 0.1) is 5.82 Å². The second-order valence-electron chi connectivity index (χ2n) is 15.1. The Morgan fingerprint density at radius 2 is 1.81 bits per heavy atom. The summed E-state index contributed by atoms with van der Waals surface area (Å²) in [4.78, 5) is 68.5. The molecular formula is C42H42FN9O4S. The first-order valence-electron chi connectivity index (χ1n) is 19.3. The number of benzene rings is 3. The van der Waals surface area contributed by atoms with Crippen LogP contribution in [0.1, 0.15) is 64.6 Å². The molecule has 57 heavy (non-hydrogen) atoms. The number of amides is 5. The zero-order valence-corrected chi connectivity index (χ0v) is 32.3. The fourth-order valence-corrected chi connectivity index (χ4v) is 9.18. The minimum atomic E-state index is -1.04. The van der Waals surface area contributed by atoms with Gasteiger partial charge in [-0.3, -0.25) is 34.8 Å². The Hall–Kier alpha value is -5.93. The Morgan fingerprint density at radius 1 is 0.982 bits per heavy atom. The van der Waals surface area contributed by atoms with Gasteiger partial charge >= 0.3 is 6.03 Å². The summed E-state index contributed by atoms with van der Waals surface area (Å²) in [7, 11) is 2.13. The largest absolute Gasteiger partial charge is 0.371 e. The number of rotatable bonds is 10. The number of nitrogens with one attached hydrogen (secondary N) is 2. The Kier molecular flexibility index (Phi) is 9.78. The van der Waals surface area contributed by atoms with Crippen molar-refractivity contribution in [2.24, 2.45) is 0 Å². The van der Waals surface area contributed by atoms with Gasteiger partial charge in [0.2, 0.25) is 5.91 Å². The second kappa shape index (κ2) is 15.2. The number of nitrogens with zero attached hydrogens (tertiary/aromatic N) is 7. The van der Waals surface area contributed by atoms with Gasteiger partial charge < -0.3 is 14.4 Å². The highest BCUT2D eigenvalue weighted by atomic mass is 32.1. The summed E-state index contributed by atoms with van der Waals surface area (Å²) in [6.45, 7) is 3.63. The number of carbonyl (C=O) groups excluding carboxylic acids is 4. The van der Waals surface area contributed by atoms with E-state index in [-0.39, 0.29) is 36.0 Å². The molecule has 1 unspecified atom stereocenters. The number of aromatic nitrogens is 3. The third-order valence-electron chi connectivity index (χ3n) is 11.6. The number of thiazole rings is 1. The first-order chi connectivity index (χ1) is 27.7. The third kappa shape index (κ3) is 7.17. The van der Waals surface area contributed by atoms with Gasteiger partial charge in [0.05, 0.1) is 18.6 Å². The molecule has 0 aliphatic carbocycles. The number of aryl methyl sites for hydroxylation is 1. The maximum Gasteiger partial charge on any atom is 0.328 e. The molecule has 0 radical (unpaired) electrons. The predicted octanol–water partition coefficient (Wildman–Crippen LogP) is 5.97. The standard InChI is InChI=1S/C42H42FN9O4S/c1-48(23-26-4-2-5-31(20-26)51-18-13-36(53)46-42(51)56)29-11-16-49(17-12-29)30-9-7-27(8-10-30)28-21-32-33(34(43)22-28)24-52(40(32)55)38(39(54)47-41-44-14-19-57-41)37-35-6-3-15-50(35)25-45-37/h2,4-5,7-10,14,19-22,25,29,38H,3,6,11-13,15-18,23-24H2,1H3,(H,44,47,54)(H,46,53,56). The predicted molar refractivity (Wildman–Crippen MR) is 214 cm³/mol. The highest BCUT2D eigenvalue weighted by Gasteiger charge is 2.42. The minimum absolute atomic E-state index is 0.0422. The van der Waals surface area contributed by atoms with E-state index in [0.717, 1.165) is 80.1 Å². The molecule has 6 heterocycles. The molecule has 1 atom stereocenters. The maximum absolute atomic E-state index is 15.9. The topological polar surface area (TPSA) is 136 Å². The van der Waals surface area contributed by atoms with E-state index in [9.17, 15) is 19.2 Å². The number of anilines is 3. The van der Waals surface area contributed by atoms with Crippen LogP contribution in [-0.4, -0.2) is 80.8 Å². The molecule has 4 aliphatic rings. The van der Waals surface area contributed by atoms with Crippen molar-refractivity contribution in [3.05, 3.63) is 112 Å². The summed E-state index contributed by atoms with van der Waals surface area (Å²) in [5, 5.41) is 7.42. The normalized spacial score (nSPS) is 17.6. The molecule has 5 amide bonds. The van der Waals surface area contributed by atoms with Gasteiger partial charge in [-0.05, 0) is 85.8 Å². The van der Waals surface area contributed by atoms with Gasteiger partial charge in [-0.15, -0.1) is 11.3 Å². The number of imide groups is 1. The number of fused-ring (bicyclic) bond motifs is 2. The lowest BCUT2D eigenvalue weighted by atomic mass is 9.98. The molecule has 13 nitrogen and oxygen atoms in total. The van der Waals surface area contributed by atoms with Crippen LogP contribution in [0.4, 0.5) is 25.7 Å². The first kappa shape index (κ1) is 36.7. The number of piperidine rings is 1. The van der Waals surface area contributed by atoms with E-state index < -0.39 is 23.7 Å². The van der Waals surface area contributed by atoms with Gasteiger partial charge in [-0.2, -0.15) is 0 Å². The summed E-state index contributed by atoms with van der Waals surface area (Å²) >= 11 is 1.28. The van der Waals surface area contributed by atoms with Gasteiger partial charge in [-0.1, -0.05) is 24.3 Å². The van der Waals surface area contributed by atoms with E-state index in [1.807, 2.05) is 47.0 Å². The molecule has 3 aromatic carbocycles. The van der Waals surface area contributed by atoms with Crippen molar-refractivity contribution in [3.63, 3.8) is 0 Å². The number of imidazole rings is 1. The average molecular weight is 788 g/mol. The van der Waals surface area contributed by atoms with Crippen molar-refractivity contribution in [3.8, 4) is 11.1 Å². The van der Waals surface area contributed by atoms with Crippen LogP contribution in [0.25, 0.3) is 11.1 Å². The fraction of sp³-hybridized carbons (Fsp3) is 0.333. The van der Waals surface area contributed by atoms with E-state index in [4.69, 9.17) is 0 Å². The highest BCUT2D eigenvalue weighted by molar-refractivity contribution is 7.13. The monoisotopic (exact) mass is 787 g/mol. The lowest BCUT2D eigenvalue weighted by Gasteiger charge is -2.38. The smallest absolute Gasteiger partial charge is 0.328 e. The van der Waals surface area contributed by atoms with Crippen LogP contribution in [-0.2, 0) is 35.6 Å². The van der Waals surface area contributed by atoms with Crippen molar-refractivity contribution in [1.29, 1.82) is 0 Å². The zero-order chi connectivity index (χ0) is 39.2. The number of hydrogen-bond donors (Lipinski definition) is 2. The second-order valence-corrected chi connectivity index (χ2v) is 16.0. The Balaban J connectivity index is 0.856. The molecule has 2 aromatic heterocycles. The Labute approximate surface area is 333 Å². The molecule has 4 aliphatic heterocycles. The summed E-state index contributed by atoms with van der Waals surface area (Å²) in [5.74, 6) is -1.57. The Bertz CT molecular complexity index is 2360. The maximum atomic E-state index is 15.9. The van der Waals surface area contributed by atoms with Crippen LogP contribution in [0.2, 0.25) is 0 Å². The molecule has 0 spiro atoms. The third-order valence-corrected chi connectivity index (χ3v) is 12.3. The fourth-order valence-electron chi connectivity index (χ4n) is 8.65. The minimum Gasteiger partial charge on any atom is -0.371 e. The summed E-state index contributed by atoms with van der Waals surface area (Å²) in [5.41, 5.74) is 6.33.